The first kappa shape index (κ1) is 17.4. The Labute approximate surface area is 99.5 Å². The van der Waals surface area contributed by atoms with Gasteiger partial charge in [-0.25, -0.2) is 8.78 Å². The van der Waals surface area contributed by atoms with Crippen LogP contribution in [0.3, 0.4) is 0 Å². The molecule has 0 rings (SSSR count). The molecule has 0 radical (unpaired) electrons. The zero-order valence-electron chi connectivity index (χ0n) is 9.54. The van der Waals surface area contributed by atoms with Gasteiger partial charge in [-0.3, -0.25) is 0 Å². The highest BCUT2D eigenvalue weighted by Gasteiger charge is 2.41. The van der Waals surface area contributed by atoms with Crippen LogP contribution in [-0.2, 0) is 4.74 Å². The number of rotatable bonds is 8. The van der Waals surface area contributed by atoms with Crippen molar-refractivity contribution < 1.29 is 35.5 Å². The average Bonchev–Trinajstić information content (AvgIpc) is 2.21. The Morgan fingerprint density at radius 3 is 2.06 bits per heavy atom. The van der Waals surface area contributed by atoms with E-state index >= 15 is 0 Å². The van der Waals surface area contributed by atoms with Gasteiger partial charge in [-0.2, -0.15) is 22.0 Å². The molecule has 0 aliphatic rings. The van der Waals surface area contributed by atoms with Gasteiger partial charge in [0.1, 0.15) is 6.61 Å². The SMILES string of the molecule is CNC(CCC(F)(F)F)COCC(F)(F)C(F)F. The van der Waals surface area contributed by atoms with Crippen molar-refractivity contribution in [1.29, 1.82) is 0 Å². The fraction of sp³-hybridized carbons (Fsp3) is 1.00. The number of nitrogens with one attached hydrogen (secondary N) is 1. The third-order valence-electron chi connectivity index (χ3n) is 2.12. The lowest BCUT2D eigenvalue weighted by atomic mass is 10.1. The fourth-order valence-electron chi connectivity index (χ4n) is 1.05. The second kappa shape index (κ2) is 7.13. The predicted octanol–water partition coefficient (Wildman–Crippen LogP) is 2.83. The van der Waals surface area contributed by atoms with Crippen LogP contribution in [0.15, 0.2) is 0 Å². The van der Waals surface area contributed by atoms with Gasteiger partial charge in [0.2, 0.25) is 0 Å². The van der Waals surface area contributed by atoms with Gasteiger partial charge < -0.3 is 10.1 Å². The van der Waals surface area contributed by atoms with E-state index in [9.17, 15) is 30.7 Å². The van der Waals surface area contributed by atoms with Crippen molar-refractivity contribution in [1.82, 2.24) is 5.32 Å². The van der Waals surface area contributed by atoms with Crippen LogP contribution in [0.5, 0.6) is 0 Å². The van der Waals surface area contributed by atoms with Crippen molar-refractivity contribution in [3.63, 3.8) is 0 Å². The summed E-state index contributed by atoms with van der Waals surface area (Å²) in [6.45, 7) is -2.01. The molecule has 2 nitrogen and oxygen atoms in total. The molecular weight excluding hydrogens is 271 g/mol. The Balaban J connectivity index is 3.95. The first-order valence-electron chi connectivity index (χ1n) is 5.06. The molecule has 0 aromatic carbocycles. The van der Waals surface area contributed by atoms with E-state index in [4.69, 9.17) is 0 Å². The minimum atomic E-state index is -4.36. The monoisotopic (exact) mass is 285 g/mol. The van der Waals surface area contributed by atoms with E-state index in [-0.39, 0.29) is 6.42 Å². The Morgan fingerprint density at radius 1 is 1.11 bits per heavy atom. The number of alkyl halides is 7. The molecule has 0 saturated heterocycles. The van der Waals surface area contributed by atoms with Crippen LogP contribution in [0.2, 0.25) is 0 Å². The highest BCUT2D eigenvalue weighted by Crippen LogP contribution is 2.24. The Kier molecular flexibility index (Phi) is 6.90. The van der Waals surface area contributed by atoms with E-state index in [1.807, 2.05) is 0 Å². The molecular formula is C9H14F7NO. The van der Waals surface area contributed by atoms with Crippen molar-refractivity contribution in [3.05, 3.63) is 0 Å². The Hall–Kier alpha value is -0.570. The van der Waals surface area contributed by atoms with Gasteiger partial charge in [0, 0.05) is 12.5 Å². The zero-order valence-corrected chi connectivity index (χ0v) is 9.54. The maximum absolute atomic E-state index is 12.4. The molecule has 0 bridgehead atoms. The van der Waals surface area contributed by atoms with Crippen LogP contribution in [0.4, 0.5) is 30.7 Å². The topological polar surface area (TPSA) is 21.3 Å². The molecule has 1 N–H and O–H groups in total. The lowest BCUT2D eigenvalue weighted by molar-refractivity contribution is -0.168. The molecule has 0 spiro atoms. The summed E-state index contributed by atoms with van der Waals surface area (Å²) in [7, 11) is 1.33. The summed E-state index contributed by atoms with van der Waals surface area (Å²) in [5.74, 6) is -4.29. The highest BCUT2D eigenvalue weighted by atomic mass is 19.4. The van der Waals surface area contributed by atoms with Crippen LogP contribution in [0.25, 0.3) is 0 Å². The second-order valence-corrected chi connectivity index (χ2v) is 3.72. The molecule has 0 aromatic rings. The summed E-state index contributed by atoms with van der Waals surface area (Å²) < 4.78 is 88.2. The molecule has 0 aromatic heterocycles. The number of hydrogen-bond donors (Lipinski definition) is 1. The number of hydrogen-bond acceptors (Lipinski definition) is 2. The van der Waals surface area contributed by atoms with E-state index in [1.165, 1.54) is 7.05 Å². The largest absolute Gasteiger partial charge is 0.389 e. The van der Waals surface area contributed by atoms with Gasteiger partial charge in [-0.15, -0.1) is 0 Å². The van der Waals surface area contributed by atoms with Crippen molar-refractivity contribution in [2.75, 3.05) is 20.3 Å². The predicted molar refractivity (Wildman–Crippen MR) is 49.9 cm³/mol. The van der Waals surface area contributed by atoms with Gasteiger partial charge in [0.15, 0.2) is 0 Å². The summed E-state index contributed by atoms with van der Waals surface area (Å²) in [6, 6.07) is -0.819. The van der Waals surface area contributed by atoms with Crippen molar-refractivity contribution >= 4 is 0 Å². The molecule has 18 heavy (non-hydrogen) atoms. The van der Waals surface area contributed by atoms with E-state index in [0.29, 0.717) is 0 Å². The Bertz CT molecular complexity index is 231. The molecule has 1 unspecified atom stereocenters. The van der Waals surface area contributed by atoms with Gasteiger partial charge in [0.05, 0.1) is 6.61 Å². The summed E-state index contributed by atoms with van der Waals surface area (Å²) in [6.07, 6.45) is -9.70. The van der Waals surface area contributed by atoms with E-state index in [1.54, 1.807) is 0 Å². The van der Waals surface area contributed by atoms with Gasteiger partial charge in [0.25, 0.3) is 0 Å². The quantitative estimate of drug-likeness (QED) is 0.692. The van der Waals surface area contributed by atoms with Crippen LogP contribution >= 0.6 is 0 Å². The van der Waals surface area contributed by atoms with Crippen molar-refractivity contribution in [2.45, 2.75) is 37.4 Å². The lowest BCUT2D eigenvalue weighted by Crippen LogP contribution is -2.37. The van der Waals surface area contributed by atoms with Crippen LogP contribution in [-0.4, -0.2) is 44.8 Å². The first-order chi connectivity index (χ1) is 8.08. The third-order valence-corrected chi connectivity index (χ3v) is 2.12. The minimum Gasteiger partial charge on any atom is -0.373 e. The standard InChI is InChI=1S/C9H14F7NO/c1-17-6(2-3-9(14,15)16)4-18-5-8(12,13)7(10)11/h6-7,17H,2-5H2,1H3. The van der Waals surface area contributed by atoms with Crippen LogP contribution in [0, 0.1) is 0 Å². The van der Waals surface area contributed by atoms with E-state index < -0.39 is 44.2 Å². The molecule has 110 valence electrons. The van der Waals surface area contributed by atoms with Gasteiger partial charge >= 0.3 is 18.5 Å². The van der Waals surface area contributed by atoms with Gasteiger partial charge in [-0.1, -0.05) is 0 Å². The molecule has 0 aliphatic carbocycles. The van der Waals surface area contributed by atoms with Crippen LogP contribution in [0.1, 0.15) is 12.8 Å². The number of likely N-dealkylation sites (N-methyl/N-ethyl adjacent to an activating group) is 1. The molecule has 0 saturated carbocycles. The van der Waals surface area contributed by atoms with Gasteiger partial charge in [-0.05, 0) is 13.5 Å². The smallest absolute Gasteiger partial charge is 0.373 e. The molecule has 0 amide bonds. The Morgan fingerprint density at radius 2 is 1.67 bits per heavy atom. The third kappa shape index (κ3) is 7.70. The molecule has 0 heterocycles. The van der Waals surface area contributed by atoms with Crippen molar-refractivity contribution in [2.24, 2.45) is 0 Å². The molecule has 9 heteroatoms. The van der Waals surface area contributed by atoms with E-state index in [0.717, 1.165) is 0 Å². The van der Waals surface area contributed by atoms with Crippen molar-refractivity contribution in [3.8, 4) is 0 Å². The molecule has 0 fully saturated rings. The summed E-state index contributed by atoms with van der Waals surface area (Å²) in [4.78, 5) is 0. The average molecular weight is 285 g/mol. The minimum absolute atomic E-state index is 0.375. The highest BCUT2D eigenvalue weighted by molar-refractivity contribution is 4.70. The zero-order chi connectivity index (χ0) is 14.4. The summed E-state index contributed by atoms with van der Waals surface area (Å²) >= 11 is 0. The summed E-state index contributed by atoms with van der Waals surface area (Å²) in [5.41, 5.74) is 0. The van der Waals surface area contributed by atoms with Crippen LogP contribution < -0.4 is 5.32 Å². The molecule has 1 atom stereocenters. The number of halogens is 7. The maximum atomic E-state index is 12.4. The lowest BCUT2D eigenvalue weighted by Gasteiger charge is -2.20. The number of ether oxygens (including phenoxy) is 1. The van der Waals surface area contributed by atoms with E-state index in [2.05, 4.69) is 10.1 Å². The maximum Gasteiger partial charge on any atom is 0.389 e. The normalized spacial score (nSPS) is 15.2. The molecule has 0 aliphatic heterocycles. The summed E-state index contributed by atoms with van der Waals surface area (Å²) in [5, 5.41) is 2.43. The second-order valence-electron chi connectivity index (χ2n) is 3.72. The first-order valence-corrected chi connectivity index (χ1v) is 5.06. The fourth-order valence-corrected chi connectivity index (χ4v) is 1.05.